The summed E-state index contributed by atoms with van der Waals surface area (Å²) in [6.07, 6.45) is -0.359. The second kappa shape index (κ2) is 8.49. The third-order valence-electron chi connectivity index (χ3n) is 4.55. The molecule has 1 aromatic carbocycles. The van der Waals surface area contributed by atoms with Crippen LogP contribution >= 0.6 is 0 Å². The van der Waals surface area contributed by atoms with Crippen molar-refractivity contribution in [1.82, 2.24) is 4.90 Å². The van der Waals surface area contributed by atoms with E-state index in [1.165, 1.54) is 12.1 Å². The van der Waals surface area contributed by atoms with Crippen molar-refractivity contribution in [2.75, 3.05) is 26.3 Å². The molecule has 1 aliphatic heterocycles. The second-order valence-corrected chi connectivity index (χ2v) is 6.57. The van der Waals surface area contributed by atoms with Crippen LogP contribution in [0.15, 0.2) is 33.5 Å². The molecule has 1 saturated heterocycles. The summed E-state index contributed by atoms with van der Waals surface area (Å²) in [6, 6.07) is 4.20. The fraction of sp³-hybridized carbons (Fsp3) is 0.368. The molecule has 3 rings (SSSR count). The van der Waals surface area contributed by atoms with Gasteiger partial charge in [-0.15, -0.1) is 0 Å². The summed E-state index contributed by atoms with van der Waals surface area (Å²) in [5.41, 5.74) is 4.74. The van der Waals surface area contributed by atoms with E-state index in [0.29, 0.717) is 32.8 Å². The number of hydrogen-bond acceptors (Lipinski definition) is 6. The highest BCUT2D eigenvalue weighted by Gasteiger charge is 2.26. The van der Waals surface area contributed by atoms with Crippen LogP contribution in [0.5, 0.6) is 5.75 Å². The topological polar surface area (TPSA) is 106 Å². The summed E-state index contributed by atoms with van der Waals surface area (Å²) in [5.74, 6) is -4.61. The monoisotopic (exact) mass is 394 g/mol. The Balaban J connectivity index is 2.01. The summed E-state index contributed by atoms with van der Waals surface area (Å²) in [7, 11) is 0. The van der Waals surface area contributed by atoms with Gasteiger partial charge in [-0.1, -0.05) is 6.07 Å². The largest absolute Gasteiger partial charge is 0.502 e. The molecule has 1 amide bonds. The summed E-state index contributed by atoms with van der Waals surface area (Å²) >= 11 is 0. The van der Waals surface area contributed by atoms with Gasteiger partial charge in [0.15, 0.2) is 17.4 Å². The first-order chi connectivity index (χ1) is 13.3. The molecule has 0 bridgehead atoms. The Morgan fingerprint density at radius 2 is 1.93 bits per heavy atom. The van der Waals surface area contributed by atoms with Gasteiger partial charge in [-0.2, -0.15) is 0 Å². The van der Waals surface area contributed by atoms with Gasteiger partial charge in [0, 0.05) is 25.6 Å². The molecular formula is C19H20F2N2O5. The number of amides is 1. The van der Waals surface area contributed by atoms with Crippen LogP contribution in [0, 0.1) is 11.6 Å². The second-order valence-electron chi connectivity index (χ2n) is 6.57. The van der Waals surface area contributed by atoms with E-state index >= 15 is 0 Å². The maximum Gasteiger partial charge on any atom is 0.227 e. The van der Waals surface area contributed by atoms with E-state index in [-0.39, 0.29) is 23.5 Å². The SMILES string of the molecule is NC(=O)CC(c1ccc(F)c(F)c1)c1oc(CN2CCOCC2)cc(=O)c1O. The van der Waals surface area contributed by atoms with E-state index in [9.17, 15) is 23.5 Å². The normalized spacial score (nSPS) is 16.1. The number of morpholine rings is 1. The van der Waals surface area contributed by atoms with Gasteiger partial charge in [-0.3, -0.25) is 14.5 Å². The molecule has 1 aromatic heterocycles. The third kappa shape index (κ3) is 4.55. The maximum atomic E-state index is 13.7. The lowest BCUT2D eigenvalue weighted by molar-refractivity contribution is -0.118. The van der Waals surface area contributed by atoms with Crippen molar-refractivity contribution in [3.05, 3.63) is 63.2 Å². The van der Waals surface area contributed by atoms with Crippen molar-refractivity contribution in [1.29, 1.82) is 0 Å². The summed E-state index contributed by atoms with van der Waals surface area (Å²) < 4.78 is 38.0. The van der Waals surface area contributed by atoms with Crippen LogP contribution in [0.25, 0.3) is 0 Å². The molecule has 7 nitrogen and oxygen atoms in total. The summed E-state index contributed by atoms with van der Waals surface area (Å²) in [4.78, 5) is 25.8. The van der Waals surface area contributed by atoms with Crippen LogP contribution < -0.4 is 11.2 Å². The van der Waals surface area contributed by atoms with Crippen LogP contribution in [-0.2, 0) is 16.1 Å². The maximum absolute atomic E-state index is 13.7. The van der Waals surface area contributed by atoms with Crippen molar-refractivity contribution >= 4 is 5.91 Å². The highest BCUT2D eigenvalue weighted by atomic mass is 19.2. The zero-order valence-electron chi connectivity index (χ0n) is 15.0. The number of nitrogens with two attached hydrogens (primary N) is 1. The van der Waals surface area contributed by atoms with E-state index in [0.717, 1.165) is 12.1 Å². The number of primary amides is 1. The predicted octanol–water partition coefficient (Wildman–Crippen LogP) is 1.46. The molecule has 28 heavy (non-hydrogen) atoms. The Hall–Kier alpha value is -2.78. The molecule has 3 N–H and O–H groups in total. The zero-order valence-corrected chi connectivity index (χ0v) is 15.0. The van der Waals surface area contributed by atoms with Gasteiger partial charge in [0.05, 0.1) is 25.7 Å². The number of rotatable bonds is 6. The minimum atomic E-state index is -1.13. The molecule has 150 valence electrons. The van der Waals surface area contributed by atoms with Crippen molar-refractivity contribution in [2.24, 2.45) is 5.73 Å². The predicted molar refractivity (Wildman–Crippen MR) is 94.8 cm³/mol. The highest BCUT2D eigenvalue weighted by Crippen LogP contribution is 2.33. The summed E-state index contributed by atoms with van der Waals surface area (Å²) in [5, 5.41) is 10.2. The Morgan fingerprint density at radius 1 is 1.21 bits per heavy atom. The number of aromatic hydroxyl groups is 1. The van der Waals surface area contributed by atoms with Crippen molar-refractivity contribution in [3.63, 3.8) is 0 Å². The fourth-order valence-electron chi connectivity index (χ4n) is 3.14. The molecule has 2 heterocycles. The molecule has 1 atom stereocenters. The molecule has 1 aliphatic rings. The number of carbonyl (C=O) groups excluding carboxylic acids is 1. The number of nitrogens with zero attached hydrogens (tertiary/aromatic N) is 1. The first-order valence-corrected chi connectivity index (χ1v) is 8.74. The first kappa shape index (κ1) is 20.0. The molecule has 9 heteroatoms. The van der Waals surface area contributed by atoms with Crippen molar-refractivity contribution < 1.29 is 27.8 Å². The molecule has 0 aliphatic carbocycles. The lowest BCUT2D eigenvalue weighted by Crippen LogP contribution is -2.35. The zero-order chi connectivity index (χ0) is 20.3. The number of halogens is 2. The van der Waals surface area contributed by atoms with E-state index in [1.807, 2.05) is 4.90 Å². The van der Waals surface area contributed by atoms with Gasteiger partial charge >= 0.3 is 0 Å². The Morgan fingerprint density at radius 3 is 2.57 bits per heavy atom. The lowest BCUT2D eigenvalue weighted by atomic mass is 9.91. The Kier molecular flexibility index (Phi) is 6.05. The molecule has 1 unspecified atom stereocenters. The minimum Gasteiger partial charge on any atom is -0.502 e. The quantitative estimate of drug-likeness (QED) is 0.769. The van der Waals surface area contributed by atoms with E-state index in [1.54, 1.807) is 0 Å². The van der Waals surface area contributed by atoms with E-state index in [4.69, 9.17) is 14.9 Å². The third-order valence-corrected chi connectivity index (χ3v) is 4.55. The number of carbonyl (C=O) groups is 1. The molecule has 0 spiro atoms. The smallest absolute Gasteiger partial charge is 0.227 e. The Bertz CT molecular complexity index is 925. The highest BCUT2D eigenvalue weighted by molar-refractivity contribution is 5.75. The molecule has 2 aromatic rings. The molecule has 0 saturated carbocycles. The minimum absolute atomic E-state index is 0.152. The van der Waals surface area contributed by atoms with Crippen molar-refractivity contribution in [3.8, 4) is 5.75 Å². The fourth-order valence-corrected chi connectivity index (χ4v) is 3.14. The van der Waals surface area contributed by atoms with Crippen LogP contribution in [0.2, 0.25) is 0 Å². The average molecular weight is 394 g/mol. The van der Waals surface area contributed by atoms with Gasteiger partial charge in [-0.05, 0) is 17.7 Å². The number of ether oxygens (including phenoxy) is 1. The standard InChI is InChI=1S/C19H20F2N2O5/c20-14-2-1-11(7-15(14)21)13(9-17(22)25)19-18(26)16(24)8-12(28-19)10-23-3-5-27-6-4-23/h1-2,7-8,13,26H,3-6,9-10H2,(H2,22,25). The van der Waals surface area contributed by atoms with Crippen LogP contribution in [0.4, 0.5) is 8.78 Å². The van der Waals surface area contributed by atoms with Gasteiger partial charge in [0.2, 0.25) is 17.1 Å². The lowest BCUT2D eigenvalue weighted by Gasteiger charge is -2.26. The van der Waals surface area contributed by atoms with Crippen molar-refractivity contribution in [2.45, 2.75) is 18.9 Å². The van der Waals surface area contributed by atoms with Gasteiger partial charge in [-0.25, -0.2) is 8.78 Å². The number of hydrogen-bond donors (Lipinski definition) is 2. The van der Waals surface area contributed by atoms with Gasteiger partial charge in [0.25, 0.3) is 0 Å². The first-order valence-electron chi connectivity index (χ1n) is 8.74. The van der Waals surface area contributed by atoms with E-state index < -0.39 is 34.6 Å². The van der Waals surface area contributed by atoms with Crippen LogP contribution in [-0.4, -0.2) is 42.2 Å². The molecule has 0 radical (unpaired) electrons. The number of benzene rings is 1. The van der Waals surface area contributed by atoms with Gasteiger partial charge in [0.1, 0.15) is 5.76 Å². The average Bonchev–Trinajstić information content (AvgIpc) is 2.66. The molecule has 1 fully saturated rings. The Labute approximate surface area is 159 Å². The van der Waals surface area contributed by atoms with Crippen LogP contribution in [0.3, 0.4) is 0 Å². The van der Waals surface area contributed by atoms with Gasteiger partial charge < -0.3 is 20.0 Å². The molecular weight excluding hydrogens is 374 g/mol. The van der Waals surface area contributed by atoms with Crippen LogP contribution in [0.1, 0.15) is 29.4 Å². The summed E-state index contributed by atoms with van der Waals surface area (Å²) in [6.45, 7) is 2.69. The van der Waals surface area contributed by atoms with E-state index in [2.05, 4.69) is 0 Å².